The van der Waals surface area contributed by atoms with Crippen molar-refractivity contribution in [2.24, 2.45) is 10.8 Å². The van der Waals surface area contributed by atoms with Crippen LogP contribution >= 0.6 is 45.1 Å². The lowest BCUT2D eigenvalue weighted by molar-refractivity contribution is -0.0601. The number of aromatic amines is 1. The number of nitrogens with one attached hydrogen (secondary N) is 3. The molecule has 1 fully saturated rings. The van der Waals surface area contributed by atoms with E-state index in [1.54, 1.807) is 10.8 Å². The number of amides is 2. The average molecular weight is 1030 g/mol. The Bertz CT molecular complexity index is 2030. The van der Waals surface area contributed by atoms with Crippen LogP contribution in [0.4, 0.5) is 9.59 Å². The fraction of sp³-hybridized carbons (Fsp3) is 0.742. The molecule has 2 rings (SSSR count). The lowest BCUT2D eigenvalue weighted by Crippen LogP contribution is -2.34. The van der Waals surface area contributed by atoms with E-state index in [2.05, 4.69) is 45.6 Å². The maximum absolute atomic E-state index is 12.7. The highest BCUT2D eigenvalue weighted by atomic mass is 33.1. The standard InChI is InChI=1S/C31H53N8O21P3S2/c1-31(2,7-13-55-30(43)35-10-15-52-17-16-51-14-8-32)65-64-22-53-11-3-4-12-54-29(42)34-9-5-6-23-19-39(28(41)37-27(23)40)26-18-24(56-21-36-38-33)25(58-26)20-57-62(47,48)60-63(49,50)59-61(44,45)46/h19,24-26H,3-4,7-18,20-22,32H2,1-2H3,(H,34,42)(H,35,43)(H,47,48)(H,49,50)(H,37,40,41)(H2,44,45,46)/t24-,25+,26+/m0/s1. The summed E-state index contributed by atoms with van der Waals surface area (Å²) in [6.07, 6.45) is -2.58. The van der Waals surface area contributed by atoms with Crippen LogP contribution in [0.2, 0.25) is 0 Å². The number of aromatic nitrogens is 2. The molecule has 1 aliphatic rings. The van der Waals surface area contributed by atoms with Crippen molar-refractivity contribution in [1.82, 2.24) is 20.2 Å². The largest absolute Gasteiger partial charge is 0.490 e. The Balaban J connectivity index is 1.71. The van der Waals surface area contributed by atoms with Crippen molar-refractivity contribution in [2.75, 3.05) is 85.2 Å². The minimum absolute atomic E-state index is 0.0874. The summed E-state index contributed by atoms with van der Waals surface area (Å²) in [4.78, 5) is 90.3. The van der Waals surface area contributed by atoms with Crippen LogP contribution in [-0.4, -0.2) is 143 Å². The van der Waals surface area contributed by atoms with Gasteiger partial charge in [0.05, 0.1) is 58.9 Å². The third-order valence-corrected chi connectivity index (χ3v) is 14.5. The molecule has 370 valence electrons. The molecule has 1 saturated heterocycles. The third-order valence-electron chi connectivity index (χ3n) is 7.65. The summed E-state index contributed by atoms with van der Waals surface area (Å²) in [6.45, 7) is 5.40. The van der Waals surface area contributed by atoms with E-state index in [0.29, 0.717) is 71.3 Å². The molecule has 0 bridgehead atoms. The molecule has 0 saturated carbocycles. The number of azide groups is 1. The molecule has 1 aliphatic heterocycles. The molecule has 65 heavy (non-hydrogen) atoms. The fourth-order valence-electron chi connectivity index (χ4n) is 4.78. The molecule has 0 aromatic carbocycles. The summed E-state index contributed by atoms with van der Waals surface area (Å²) in [7, 11) is -13.9. The maximum atomic E-state index is 12.7. The van der Waals surface area contributed by atoms with Gasteiger partial charge in [0, 0.05) is 42.0 Å². The van der Waals surface area contributed by atoms with E-state index in [9.17, 15) is 42.7 Å². The van der Waals surface area contributed by atoms with Crippen molar-refractivity contribution >= 4 is 57.2 Å². The van der Waals surface area contributed by atoms with Crippen LogP contribution in [0, 0.1) is 11.8 Å². The molecule has 9 N–H and O–H groups in total. The second kappa shape index (κ2) is 30.4. The number of phosphoric acid groups is 3. The van der Waals surface area contributed by atoms with Crippen LogP contribution in [0.1, 0.15) is 51.3 Å². The van der Waals surface area contributed by atoms with Crippen molar-refractivity contribution in [3.63, 3.8) is 0 Å². The minimum atomic E-state index is -5.82. The number of nitrogens with zero attached hydrogens (tertiary/aromatic N) is 4. The van der Waals surface area contributed by atoms with Crippen molar-refractivity contribution in [1.29, 1.82) is 0 Å². The summed E-state index contributed by atoms with van der Waals surface area (Å²) < 4.78 is 85.0. The zero-order valence-corrected chi connectivity index (χ0v) is 39.4. The number of hydrogen-bond donors (Lipinski definition) is 8. The quantitative estimate of drug-likeness (QED) is 0.00747. The van der Waals surface area contributed by atoms with Crippen LogP contribution in [0.5, 0.6) is 0 Å². The maximum Gasteiger partial charge on any atom is 0.490 e. The molecular formula is C31H53N8O21P3S2. The van der Waals surface area contributed by atoms with Gasteiger partial charge in [-0.25, -0.2) is 28.1 Å². The number of nitrogens with two attached hydrogens (primary N) is 1. The van der Waals surface area contributed by atoms with Crippen LogP contribution in [0.3, 0.4) is 0 Å². The monoisotopic (exact) mass is 1030 g/mol. The molecule has 29 nitrogen and oxygen atoms in total. The number of H-pyrrole nitrogens is 1. The second-order valence-corrected chi connectivity index (χ2v) is 20.7. The number of carbonyl (C=O) groups excluding carboxylic acids is 2. The normalized spacial score (nSPS) is 18.0. The zero-order chi connectivity index (χ0) is 48.4. The average Bonchev–Trinajstić information content (AvgIpc) is 3.60. The zero-order valence-electron chi connectivity index (χ0n) is 35.1. The Hall–Kier alpha value is -3.04. The minimum Gasteiger partial charge on any atom is -0.450 e. The Kier molecular flexibility index (Phi) is 27.1. The molecule has 34 heteroatoms. The molecule has 1 aromatic rings. The van der Waals surface area contributed by atoms with Crippen molar-refractivity contribution in [3.05, 3.63) is 43.0 Å². The van der Waals surface area contributed by atoms with Crippen molar-refractivity contribution in [3.8, 4) is 11.8 Å². The molecule has 5 atom stereocenters. The molecule has 2 unspecified atom stereocenters. The van der Waals surface area contributed by atoms with Crippen LogP contribution in [0.15, 0.2) is 20.9 Å². The van der Waals surface area contributed by atoms with Gasteiger partial charge < -0.3 is 69.1 Å². The van der Waals surface area contributed by atoms with E-state index in [1.165, 1.54) is 10.8 Å². The van der Waals surface area contributed by atoms with E-state index in [1.807, 2.05) is 18.8 Å². The summed E-state index contributed by atoms with van der Waals surface area (Å²) >= 11 is 0. The number of carbonyl (C=O) groups is 2. The molecule has 1 aromatic heterocycles. The number of hydrogen-bond acceptors (Lipinski definition) is 21. The summed E-state index contributed by atoms with van der Waals surface area (Å²) in [5.41, 5.74) is 11.8. The molecule has 2 amide bonds. The van der Waals surface area contributed by atoms with E-state index >= 15 is 0 Å². The van der Waals surface area contributed by atoms with Gasteiger partial charge in [0.25, 0.3) is 5.56 Å². The number of unbranched alkanes of at least 4 members (excludes halogenated alkanes) is 1. The number of phosphoric ester groups is 1. The number of ether oxygens (including phenoxy) is 7. The van der Waals surface area contributed by atoms with E-state index in [4.69, 9.17) is 54.2 Å². The van der Waals surface area contributed by atoms with Gasteiger partial charge in [-0.05, 0) is 38.6 Å². The van der Waals surface area contributed by atoms with Gasteiger partial charge in [0.1, 0.15) is 30.6 Å². The molecule has 0 radical (unpaired) electrons. The van der Waals surface area contributed by atoms with Gasteiger partial charge >= 0.3 is 41.3 Å². The van der Waals surface area contributed by atoms with Crippen LogP contribution in [-0.2, 0) is 60.0 Å². The van der Waals surface area contributed by atoms with Gasteiger partial charge in [-0.1, -0.05) is 38.5 Å². The highest BCUT2D eigenvalue weighted by molar-refractivity contribution is 8.77. The summed E-state index contributed by atoms with van der Waals surface area (Å²) in [5, 5.41) is 8.22. The Labute approximate surface area is 379 Å². The van der Waals surface area contributed by atoms with Gasteiger partial charge in [0.2, 0.25) is 0 Å². The first-order chi connectivity index (χ1) is 30.7. The molecular weight excluding hydrogens is 977 g/mol. The highest BCUT2D eigenvalue weighted by Crippen LogP contribution is 2.66. The predicted molar refractivity (Wildman–Crippen MR) is 229 cm³/mol. The Morgan fingerprint density at radius 1 is 1.00 bits per heavy atom. The van der Waals surface area contributed by atoms with Gasteiger partial charge in [-0.2, -0.15) is 8.62 Å². The Morgan fingerprint density at radius 2 is 1.69 bits per heavy atom. The summed E-state index contributed by atoms with van der Waals surface area (Å²) in [6, 6.07) is 0. The van der Waals surface area contributed by atoms with E-state index in [-0.39, 0.29) is 36.5 Å². The summed E-state index contributed by atoms with van der Waals surface area (Å²) in [5.74, 6) is 5.46. The van der Waals surface area contributed by atoms with Crippen LogP contribution in [0.25, 0.3) is 10.4 Å². The smallest absolute Gasteiger partial charge is 0.450 e. The number of rotatable bonds is 32. The first kappa shape index (κ1) is 58.1. The van der Waals surface area contributed by atoms with Crippen molar-refractivity contribution < 1.29 is 89.2 Å². The second-order valence-electron chi connectivity index (χ2n) is 13.3. The highest BCUT2D eigenvalue weighted by Gasteiger charge is 2.43. The van der Waals surface area contributed by atoms with Gasteiger partial charge in [-0.3, -0.25) is 18.9 Å². The van der Waals surface area contributed by atoms with Crippen LogP contribution < -0.4 is 27.6 Å². The van der Waals surface area contributed by atoms with E-state index < -0.39 is 78.7 Å². The molecule has 0 spiro atoms. The van der Waals surface area contributed by atoms with Crippen molar-refractivity contribution in [2.45, 2.75) is 62.7 Å². The van der Waals surface area contributed by atoms with Gasteiger partial charge in [-0.15, -0.1) is 0 Å². The topological polar surface area (TPSA) is 412 Å². The Morgan fingerprint density at radius 3 is 2.40 bits per heavy atom. The number of alkyl carbamates (subject to hydrolysis) is 2. The van der Waals surface area contributed by atoms with Gasteiger partial charge in [0.15, 0.2) is 0 Å². The lowest BCUT2D eigenvalue weighted by atomic mass is 10.1. The first-order valence-electron chi connectivity index (χ1n) is 19.1. The predicted octanol–water partition coefficient (Wildman–Crippen LogP) is 1.92. The van der Waals surface area contributed by atoms with E-state index in [0.717, 1.165) is 10.8 Å². The lowest BCUT2D eigenvalue weighted by Gasteiger charge is -2.22. The molecule has 0 aliphatic carbocycles. The SMILES string of the molecule is CC(C)(CCOC(=O)NCCOCCOCCN)SSCOCCCCOC(=O)NCC#Cc1cn([C@H]2C[C@H](OCN=[N+]=[N-])[C@@H](COP(=O)(O)OP(=O)(O)OP(=O)(O)O)O2)c(=O)[nH]c1=O. The fourth-order valence-corrected chi connectivity index (χ4v) is 10.1. The third kappa shape index (κ3) is 26.8. The molecule has 2 heterocycles. The first-order valence-corrected chi connectivity index (χ1v) is 26.0.